The highest BCUT2D eigenvalue weighted by atomic mass is 35.5. The fraction of sp³-hybridized carbons (Fsp3) is 0.571. The van der Waals surface area contributed by atoms with E-state index in [4.69, 9.17) is 33.7 Å². The van der Waals surface area contributed by atoms with Crippen molar-refractivity contribution in [1.82, 2.24) is 4.90 Å². The van der Waals surface area contributed by atoms with E-state index in [1.807, 2.05) is 6.07 Å². The highest BCUT2D eigenvalue weighted by molar-refractivity contribution is 6.37. The predicted molar refractivity (Wildman–Crippen MR) is 80.2 cm³/mol. The zero-order valence-electron chi connectivity index (χ0n) is 10.9. The Bertz CT molecular complexity index is 386. The van der Waals surface area contributed by atoms with Gasteiger partial charge in [0.05, 0.1) is 10.0 Å². The number of piperidine rings is 1. The lowest BCUT2D eigenvalue weighted by molar-refractivity contribution is 0.157. The number of ether oxygens (including phenoxy) is 1. The van der Waals surface area contributed by atoms with Gasteiger partial charge in [0.2, 0.25) is 0 Å². The SMILES string of the molecule is NCC1CCN(CCOc2c(Cl)cccc2Cl)CC1. The van der Waals surface area contributed by atoms with Gasteiger partial charge < -0.3 is 10.5 Å². The Balaban J connectivity index is 1.75. The Labute approximate surface area is 124 Å². The fourth-order valence-electron chi connectivity index (χ4n) is 2.34. The second-order valence-corrected chi connectivity index (χ2v) is 5.73. The number of likely N-dealkylation sites (tertiary alicyclic amines) is 1. The van der Waals surface area contributed by atoms with Crippen LogP contribution in [0.1, 0.15) is 12.8 Å². The third kappa shape index (κ3) is 4.25. The van der Waals surface area contributed by atoms with Crippen LogP contribution in [0.15, 0.2) is 18.2 Å². The highest BCUT2D eigenvalue weighted by Gasteiger charge is 2.17. The van der Waals surface area contributed by atoms with E-state index in [0.717, 1.165) is 26.2 Å². The summed E-state index contributed by atoms with van der Waals surface area (Å²) >= 11 is 12.1. The van der Waals surface area contributed by atoms with Crippen LogP contribution in [-0.2, 0) is 0 Å². The summed E-state index contributed by atoms with van der Waals surface area (Å²) in [6.07, 6.45) is 2.37. The van der Waals surface area contributed by atoms with Gasteiger partial charge in [-0.25, -0.2) is 0 Å². The molecule has 2 rings (SSSR count). The number of rotatable bonds is 5. The first kappa shape index (κ1) is 14.9. The smallest absolute Gasteiger partial charge is 0.156 e. The van der Waals surface area contributed by atoms with Crippen molar-refractivity contribution >= 4 is 23.2 Å². The maximum absolute atomic E-state index is 6.05. The van der Waals surface area contributed by atoms with Crippen molar-refractivity contribution in [2.24, 2.45) is 11.7 Å². The van der Waals surface area contributed by atoms with Crippen LogP contribution >= 0.6 is 23.2 Å². The molecule has 3 nitrogen and oxygen atoms in total. The molecule has 0 atom stereocenters. The minimum atomic E-state index is 0.564. The summed E-state index contributed by atoms with van der Waals surface area (Å²) in [4.78, 5) is 2.40. The van der Waals surface area contributed by atoms with E-state index in [0.29, 0.717) is 28.3 Å². The molecule has 1 saturated heterocycles. The van der Waals surface area contributed by atoms with Gasteiger partial charge in [0.25, 0.3) is 0 Å². The first-order valence-electron chi connectivity index (χ1n) is 6.70. The van der Waals surface area contributed by atoms with E-state index in [2.05, 4.69) is 4.90 Å². The summed E-state index contributed by atoms with van der Waals surface area (Å²) in [5.41, 5.74) is 5.69. The summed E-state index contributed by atoms with van der Waals surface area (Å²) in [5.74, 6) is 1.28. The molecule has 19 heavy (non-hydrogen) atoms. The van der Waals surface area contributed by atoms with Gasteiger partial charge in [-0.15, -0.1) is 0 Å². The zero-order valence-corrected chi connectivity index (χ0v) is 12.5. The molecule has 0 bridgehead atoms. The molecule has 1 aliphatic rings. The number of para-hydroxylation sites is 1. The van der Waals surface area contributed by atoms with Crippen LogP contribution in [0.5, 0.6) is 5.75 Å². The summed E-state index contributed by atoms with van der Waals surface area (Å²) in [6.45, 7) is 4.51. The lowest BCUT2D eigenvalue weighted by Gasteiger charge is -2.31. The summed E-state index contributed by atoms with van der Waals surface area (Å²) in [6, 6.07) is 5.39. The third-order valence-electron chi connectivity index (χ3n) is 3.61. The average Bonchev–Trinajstić information content (AvgIpc) is 2.43. The van der Waals surface area contributed by atoms with Crippen molar-refractivity contribution in [3.05, 3.63) is 28.2 Å². The van der Waals surface area contributed by atoms with Crippen LogP contribution in [0.4, 0.5) is 0 Å². The molecule has 0 aromatic heterocycles. The molecule has 0 saturated carbocycles. The Hall–Kier alpha value is -0.480. The summed E-state index contributed by atoms with van der Waals surface area (Å²) < 4.78 is 5.69. The maximum atomic E-state index is 6.05. The predicted octanol–water partition coefficient (Wildman–Crippen LogP) is 3.04. The maximum Gasteiger partial charge on any atom is 0.156 e. The van der Waals surface area contributed by atoms with Gasteiger partial charge in [-0.05, 0) is 50.5 Å². The second-order valence-electron chi connectivity index (χ2n) is 4.92. The van der Waals surface area contributed by atoms with E-state index >= 15 is 0 Å². The van der Waals surface area contributed by atoms with E-state index in [-0.39, 0.29) is 0 Å². The fourth-order valence-corrected chi connectivity index (χ4v) is 2.85. The van der Waals surface area contributed by atoms with Crippen molar-refractivity contribution < 1.29 is 4.74 Å². The molecular formula is C14H20Cl2N2O. The van der Waals surface area contributed by atoms with Crippen LogP contribution < -0.4 is 10.5 Å². The van der Waals surface area contributed by atoms with Gasteiger partial charge in [0, 0.05) is 6.54 Å². The van der Waals surface area contributed by atoms with Crippen molar-refractivity contribution in [3.8, 4) is 5.75 Å². The standard InChI is InChI=1S/C14H20Cl2N2O/c15-12-2-1-3-13(16)14(12)19-9-8-18-6-4-11(10-17)5-7-18/h1-3,11H,4-10,17H2. The molecule has 1 aliphatic heterocycles. The lowest BCUT2D eigenvalue weighted by atomic mass is 9.97. The second kappa shape index (κ2) is 7.34. The Morgan fingerprint density at radius 3 is 2.42 bits per heavy atom. The summed E-state index contributed by atoms with van der Waals surface area (Å²) in [7, 11) is 0. The van der Waals surface area contributed by atoms with Gasteiger partial charge in [0.15, 0.2) is 5.75 Å². The molecule has 1 fully saturated rings. The molecule has 1 aromatic carbocycles. The van der Waals surface area contributed by atoms with Gasteiger partial charge in [-0.3, -0.25) is 4.90 Å². The number of benzene rings is 1. The molecular weight excluding hydrogens is 283 g/mol. The number of halogens is 2. The van der Waals surface area contributed by atoms with Crippen LogP contribution in [0.3, 0.4) is 0 Å². The summed E-state index contributed by atoms with van der Waals surface area (Å²) in [5, 5.41) is 1.13. The molecule has 5 heteroatoms. The molecule has 1 aromatic rings. The van der Waals surface area contributed by atoms with E-state index in [1.54, 1.807) is 12.1 Å². The molecule has 2 N–H and O–H groups in total. The number of nitrogens with zero attached hydrogens (tertiary/aromatic N) is 1. The molecule has 0 aliphatic carbocycles. The van der Waals surface area contributed by atoms with Crippen LogP contribution in [0.2, 0.25) is 10.0 Å². The quantitative estimate of drug-likeness (QED) is 0.908. The molecule has 106 valence electrons. The van der Waals surface area contributed by atoms with Gasteiger partial charge >= 0.3 is 0 Å². The van der Waals surface area contributed by atoms with Gasteiger partial charge in [0.1, 0.15) is 6.61 Å². The van der Waals surface area contributed by atoms with Crippen molar-refractivity contribution in [2.75, 3.05) is 32.8 Å². The average molecular weight is 303 g/mol. The van der Waals surface area contributed by atoms with E-state index in [1.165, 1.54) is 12.8 Å². The van der Waals surface area contributed by atoms with Crippen LogP contribution in [-0.4, -0.2) is 37.7 Å². The Morgan fingerprint density at radius 1 is 1.21 bits per heavy atom. The van der Waals surface area contributed by atoms with Crippen LogP contribution in [0.25, 0.3) is 0 Å². The first-order chi connectivity index (χ1) is 9.20. The highest BCUT2D eigenvalue weighted by Crippen LogP contribution is 2.32. The molecule has 0 radical (unpaired) electrons. The largest absolute Gasteiger partial charge is 0.489 e. The van der Waals surface area contributed by atoms with E-state index in [9.17, 15) is 0 Å². The first-order valence-corrected chi connectivity index (χ1v) is 7.45. The lowest BCUT2D eigenvalue weighted by Crippen LogP contribution is -2.38. The molecule has 1 heterocycles. The Morgan fingerprint density at radius 2 is 1.84 bits per heavy atom. The minimum absolute atomic E-state index is 0.564. The normalized spacial score (nSPS) is 17.6. The number of hydrogen-bond acceptors (Lipinski definition) is 3. The zero-order chi connectivity index (χ0) is 13.7. The molecule has 0 unspecified atom stereocenters. The minimum Gasteiger partial charge on any atom is -0.489 e. The van der Waals surface area contributed by atoms with E-state index < -0.39 is 0 Å². The Kier molecular flexibility index (Phi) is 5.76. The van der Waals surface area contributed by atoms with Crippen molar-refractivity contribution in [1.29, 1.82) is 0 Å². The molecule has 0 amide bonds. The molecule has 0 spiro atoms. The number of hydrogen-bond donors (Lipinski definition) is 1. The van der Waals surface area contributed by atoms with Gasteiger partial charge in [-0.1, -0.05) is 29.3 Å². The van der Waals surface area contributed by atoms with Gasteiger partial charge in [-0.2, -0.15) is 0 Å². The topological polar surface area (TPSA) is 38.5 Å². The number of nitrogens with two attached hydrogens (primary N) is 1. The van der Waals surface area contributed by atoms with Crippen LogP contribution in [0, 0.1) is 5.92 Å². The van der Waals surface area contributed by atoms with Crippen molar-refractivity contribution in [2.45, 2.75) is 12.8 Å². The monoisotopic (exact) mass is 302 g/mol. The van der Waals surface area contributed by atoms with Crippen molar-refractivity contribution in [3.63, 3.8) is 0 Å². The third-order valence-corrected chi connectivity index (χ3v) is 4.21.